The minimum absolute atomic E-state index is 0.0581. The Labute approximate surface area is 141 Å². The van der Waals surface area contributed by atoms with E-state index in [9.17, 15) is 14.7 Å². The number of carbonyl (C=O) groups is 2. The molecule has 2 aromatic carbocycles. The van der Waals surface area contributed by atoms with Gasteiger partial charge in [-0.1, -0.05) is 36.4 Å². The van der Waals surface area contributed by atoms with Gasteiger partial charge < -0.3 is 15.2 Å². The molecule has 0 atom stereocenters. The lowest BCUT2D eigenvalue weighted by atomic mass is 10.0. The molecule has 126 valence electrons. The van der Waals surface area contributed by atoms with Gasteiger partial charge in [-0.2, -0.15) is 0 Å². The van der Waals surface area contributed by atoms with Gasteiger partial charge in [0.1, 0.15) is 5.75 Å². The lowest BCUT2D eigenvalue weighted by Crippen LogP contribution is -2.25. The van der Waals surface area contributed by atoms with E-state index >= 15 is 0 Å². The highest BCUT2D eigenvalue weighted by atomic mass is 16.5. The fourth-order valence-corrected chi connectivity index (χ4v) is 2.34. The third kappa shape index (κ3) is 5.12. The third-order valence-corrected chi connectivity index (χ3v) is 3.63. The van der Waals surface area contributed by atoms with E-state index in [1.54, 1.807) is 12.1 Å². The summed E-state index contributed by atoms with van der Waals surface area (Å²) in [5.74, 6) is -0.721. The molecule has 1 amide bonds. The van der Waals surface area contributed by atoms with Crippen LogP contribution in [0.5, 0.6) is 5.75 Å². The highest BCUT2D eigenvalue weighted by Gasteiger charge is 2.12. The number of hydrogen-bond donors (Lipinski definition) is 2. The summed E-state index contributed by atoms with van der Waals surface area (Å²) >= 11 is 0. The number of hydrogen-bond acceptors (Lipinski definition) is 4. The van der Waals surface area contributed by atoms with Gasteiger partial charge in [-0.05, 0) is 36.1 Å². The van der Waals surface area contributed by atoms with Crippen molar-refractivity contribution in [2.24, 2.45) is 0 Å². The molecule has 5 nitrogen and oxygen atoms in total. The zero-order chi connectivity index (χ0) is 17.4. The number of methoxy groups -OCH3 is 1. The van der Waals surface area contributed by atoms with E-state index in [0.717, 1.165) is 11.1 Å². The summed E-state index contributed by atoms with van der Waals surface area (Å²) in [4.78, 5) is 23.2. The molecule has 0 saturated heterocycles. The average Bonchev–Trinajstić information content (AvgIpc) is 2.60. The van der Waals surface area contributed by atoms with Crippen LogP contribution in [-0.2, 0) is 16.0 Å². The van der Waals surface area contributed by atoms with E-state index in [-0.39, 0.29) is 29.6 Å². The average molecular weight is 327 g/mol. The van der Waals surface area contributed by atoms with Crippen LogP contribution >= 0.6 is 0 Å². The van der Waals surface area contributed by atoms with Crippen LogP contribution in [0.4, 0.5) is 0 Å². The Kier molecular flexibility index (Phi) is 6.37. The lowest BCUT2D eigenvalue weighted by molar-refractivity contribution is -0.140. The van der Waals surface area contributed by atoms with Crippen LogP contribution in [0.3, 0.4) is 0 Å². The summed E-state index contributed by atoms with van der Waals surface area (Å²) in [6.45, 7) is 0.344. The highest BCUT2D eigenvalue weighted by Crippen LogP contribution is 2.20. The van der Waals surface area contributed by atoms with Crippen molar-refractivity contribution >= 4 is 11.9 Å². The molecular formula is C19H21NO4. The maximum absolute atomic E-state index is 12.2. The standard InChI is InChI=1S/C19H21NO4/c1-24-18(22)8-5-11-20-19(23)16-13-15(9-10-17(16)21)12-14-6-3-2-4-7-14/h2-4,6-7,9-10,13,21H,5,8,11-12H2,1H3,(H,20,23). The number of phenolic OH excluding ortho intramolecular Hbond substituents is 1. The van der Waals surface area contributed by atoms with Gasteiger partial charge in [-0.15, -0.1) is 0 Å². The normalized spacial score (nSPS) is 10.2. The number of phenols is 1. The number of nitrogens with one attached hydrogen (secondary N) is 1. The van der Waals surface area contributed by atoms with Gasteiger partial charge in [0.2, 0.25) is 0 Å². The number of aromatic hydroxyl groups is 1. The first-order valence-corrected chi connectivity index (χ1v) is 7.81. The summed E-state index contributed by atoms with van der Waals surface area (Å²) in [6, 6.07) is 14.9. The van der Waals surface area contributed by atoms with Crippen molar-refractivity contribution in [3.05, 3.63) is 65.2 Å². The molecule has 0 bridgehead atoms. The van der Waals surface area contributed by atoms with Crippen molar-refractivity contribution in [3.8, 4) is 5.75 Å². The van der Waals surface area contributed by atoms with Crippen LogP contribution in [0, 0.1) is 0 Å². The Morgan fingerprint density at radius 3 is 2.54 bits per heavy atom. The van der Waals surface area contributed by atoms with E-state index in [4.69, 9.17) is 0 Å². The second-order valence-electron chi connectivity index (χ2n) is 5.45. The van der Waals surface area contributed by atoms with Crippen LogP contribution in [0.15, 0.2) is 48.5 Å². The second kappa shape index (κ2) is 8.72. The summed E-state index contributed by atoms with van der Waals surface area (Å²) in [5, 5.41) is 12.6. The van der Waals surface area contributed by atoms with Crippen molar-refractivity contribution in [1.82, 2.24) is 5.32 Å². The SMILES string of the molecule is COC(=O)CCCNC(=O)c1cc(Cc2ccccc2)ccc1O. The zero-order valence-corrected chi connectivity index (χ0v) is 13.6. The van der Waals surface area contributed by atoms with Crippen molar-refractivity contribution in [2.45, 2.75) is 19.3 Å². The first-order valence-electron chi connectivity index (χ1n) is 7.81. The second-order valence-corrected chi connectivity index (χ2v) is 5.45. The zero-order valence-electron chi connectivity index (χ0n) is 13.6. The van der Waals surface area contributed by atoms with E-state index in [0.29, 0.717) is 19.4 Å². The first kappa shape index (κ1) is 17.5. The molecule has 0 aliphatic carbocycles. The summed E-state index contributed by atoms with van der Waals surface area (Å²) in [5.41, 5.74) is 2.31. The molecule has 0 aliphatic rings. The van der Waals surface area contributed by atoms with Crippen LogP contribution in [0.1, 0.15) is 34.3 Å². The predicted molar refractivity (Wildman–Crippen MR) is 90.9 cm³/mol. The number of rotatable bonds is 7. The smallest absolute Gasteiger partial charge is 0.305 e. The van der Waals surface area contributed by atoms with Gasteiger partial charge >= 0.3 is 5.97 Å². The van der Waals surface area contributed by atoms with Gasteiger partial charge in [-0.25, -0.2) is 0 Å². The lowest BCUT2D eigenvalue weighted by Gasteiger charge is -2.09. The Hall–Kier alpha value is -2.82. The molecule has 24 heavy (non-hydrogen) atoms. The van der Waals surface area contributed by atoms with E-state index < -0.39 is 0 Å². The largest absolute Gasteiger partial charge is 0.507 e. The summed E-state index contributed by atoms with van der Waals surface area (Å²) in [6.07, 6.45) is 1.42. The quantitative estimate of drug-likeness (QED) is 0.605. The molecule has 2 N–H and O–H groups in total. The van der Waals surface area contributed by atoms with E-state index in [1.807, 2.05) is 30.3 Å². The fourth-order valence-electron chi connectivity index (χ4n) is 2.34. The van der Waals surface area contributed by atoms with E-state index in [2.05, 4.69) is 10.1 Å². The van der Waals surface area contributed by atoms with E-state index in [1.165, 1.54) is 13.2 Å². The number of esters is 1. The van der Waals surface area contributed by atoms with Crippen molar-refractivity contribution < 1.29 is 19.4 Å². The Morgan fingerprint density at radius 1 is 1.08 bits per heavy atom. The van der Waals surface area contributed by atoms with Gasteiger partial charge in [0.15, 0.2) is 0 Å². The van der Waals surface area contributed by atoms with Gasteiger partial charge in [0.25, 0.3) is 5.91 Å². The molecule has 0 fully saturated rings. The summed E-state index contributed by atoms with van der Waals surface area (Å²) < 4.78 is 4.54. The topological polar surface area (TPSA) is 75.6 Å². The molecule has 0 unspecified atom stereocenters. The molecule has 0 saturated carbocycles. The molecule has 0 heterocycles. The van der Waals surface area contributed by atoms with Crippen molar-refractivity contribution in [2.75, 3.05) is 13.7 Å². The van der Waals surface area contributed by atoms with Crippen LogP contribution in [0.2, 0.25) is 0 Å². The van der Waals surface area contributed by atoms with Crippen LogP contribution in [-0.4, -0.2) is 30.6 Å². The summed E-state index contributed by atoms with van der Waals surface area (Å²) in [7, 11) is 1.33. The van der Waals surface area contributed by atoms with Crippen LogP contribution in [0.25, 0.3) is 0 Å². The van der Waals surface area contributed by atoms with Gasteiger partial charge in [0.05, 0.1) is 12.7 Å². The highest BCUT2D eigenvalue weighted by molar-refractivity contribution is 5.97. The number of amides is 1. The maximum Gasteiger partial charge on any atom is 0.305 e. The Morgan fingerprint density at radius 2 is 1.83 bits per heavy atom. The number of ether oxygens (including phenoxy) is 1. The molecular weight excluding hydrogens is 306 g/mol. The van der Waals surface area contributed by atoms with Gasteiger partial charge in [-0.3, -0.25) is 9.59 Å². The first-order chi connectivity index (χ1) is 11.6. The maximum atomic E-state index is 12.2. The van der Waals surface area contributed by atoms with Gasteiger partial charge in [0, 0.05) is 13.0 Å². The third-order valence-electron chi connectivity index (χ3n) is 3.63. The molecule has 0 aliphatic heterocycles. The minimum atomic E-state index is -0.354. The van der Waals surface area contributed by atoms with Crippen molar-refractivity contribution in [3.63, 3.8) is 0 Å². The molecule has 0 spiro atoms. The van der Waals surface area contributed by atoms with Crippen LogP contribution < -0.4 is 5.32 Å². The minimum Gasteiger partial charge on any atom is -0.507 e. The molecule has 2 aromatic rings. The predicted octanol–water partition coefficient (Wildman–Crippen LogP) is 2.67. The molecule has 5 heteroatoms. The Balaban J connectivity index is 1.97. The monoisotopic (exact) mass is 327 g/mol. The number of carbonyl (C=O) groups excluding carboxylic acids is 2. The molecule has 0 radical (unpaired) electrons. The fraction of sp³-hybridized carbons (Fsp3) is 0.263. The molecule has 0 aromatic heterocycles. The molecule has 2 rings (SSSR count). The Bertz CT molecular complexity index is 698. The van der Waals surface area contributed by atoms with Crippen molar-refractivity contribution in [1.29, 1.82) is 0 Å². The number of benzene rings is 2.